The van der Waals surface area contributed by atoms with Crippen molar-refractivity contribution in [1.29, 1.82) is 0 Å². The molecule has 1 N–H and O–H groups in total. The van der Waals surface area contributed by atoms with Crippen LogP contribution in [0, 0.1) is 0 Å². The Labute approximate surface area is 118 Å². The lowest BCUT2D eigenvalue weighted by Gasteiger charge is -2.31. The number of methoxy groups -OCH3 is 1. The molecule has 2 atom stereocenters. The van der Waals surface area contributed by atoms with Gasteiger partial charge in [-0.3, -0.25) is 9.59 Å². The van der Waals surface area contributed by atoms with Gasteiger partial charge in [0.05, 0.1) is 0 Å². The molecule has 0 aromatic heterocycles. The van der Waals surface area contributed by atoms with Gasteiger partial charge in [-0.25, -0.2) is 0 Å². The van der Waals surface area contributed by atoms with Gasteiger partial charge < -0.3 is 15.0 Å². The predicted molar refractivity (Wildman–Crippen MR) is 75.0 cm³/mol. The van der Waals surface area contributed by atoms with Gasteiger partial charge in [0.1, 0.15) is 0 Å². The van der Waals surface area contributed by atoms with Crippen molar-refractivity contribution < 1.29 is 14.3 Å². The first-order valence-corrected chi connectivity index (χ1v) is 6.74. The summed E-state index contributed by atoms with van der Waals surface area (Å²) < 4.78 is 5.30. The van der Waals surface area contributed by atoms with Crippen molar-refractivity contribution in [3.63, 3.8) is 0 Å². The van der Waals surface area contributed by atoms with Gasteiger partial charge in [-0.15, -0.1) is 0 Å². The molecule has 1 aliphatic rings. The quantitative estimate of drug-likeness (QED) is 0.896. The molecule has 0 radical (unpaired) electrons. The van der Waals surface area contributed by atoms with Gasteiger partial charge >= 0.3 is 0 Å². The van der Waals surface area contributed by atoms with Crippen molar-refractivity contribution in [3.05, 3.63) is 35.9 Å². The zero-order valence-electron chi connectivity index (χ0n) is 11.8. The third-order valence-corrected chi connectivity index (χ3v) is 3.55. The number of nitrogens with zero attached hydrogens (tertiary/aromatic N) is 1. The summed E-state index contributed by atoms with van der Waals surface area (Å²) >= 11 is 0. The maximum absolute atomic E-state index is 12.3. The van der Waals surface area contributed by atoms with Crippen LogP contribution in [0.15, 0.2) is 30.3 Å². The van der Waals surface area contributed by atoms with E-state index >= 15 is 0 Å². The number of hydrogen-bond donors (Lipinski definition) is 1. The summed E-state index contributed by atoms with van der Waals surface area (Å²) in [6, 6.07) is 9.37. The van der Waals surface area contributed by atoms with E-state index in [9.17, 15) is 9.59 Å². The molecule has 1 heterocycles. The van der Waals surface area contributed by atoms with E-state index in [1.807, 2.05) is 30.3 Å². The third kappa shape index (κ3) is 3.36. The fourth-order valence-electron chi connectivity index (χ4n) is 2.43. The summed E-state index contributed by atoms with van der Waals surface area (Å²) in [5, 5.41) is 2.96. The van der Waals surface area contributed by atoms with Crippen LogP contribution >= 0.6 is 0 Å². The van der Waals surface area contributed by atoms with Crippen molar-refractivity contribution in [2.24, 2.45) is 0 Å². The maximum Gasteiger partial charge on any atom is 0.254 e. The Morgan fingerprint density at radius 1 is 1.40 bits per heavy atom. The summed E-state index contributed by atoms with van der Waals surface area (Å²) in [5.41, 5.74) is 0.827. The molecule has 0 aliphatic carbocycles. The van der Waals surface area contributed by atoms with Crippen LogP contribution in [0.1, 0.15) is 24.5 Å². The predicted octanol–water partition coefficient (Wildman–Crippen LogP) is 1.11. The van der Waals surface area contributed by atoms with Crippen LogP contribution < -0.4 is 5.32 Å². The molecule has 1 fully saturated rings. The number of likely N-dealkylation sites (tertiary alicyclic amines) is 1. The van der Waals surface area contributed by atoms with Crippen LogP contribution in [0.25, 0.3) is 0 Å². The average molecular weight is 276 g/mol. The minimum absolute atomic E-state index is 0.00781. The molecular formula is C15H20N2O3. The van der Waals surface area contributed by atoms with Crippen molar-refractivity contribution >= 4 is 11.8 Å². The SMILES string of the molecule is CO[C@H](C(=O)N[C@@H]1CCC(=O)N(C)C1)c1ccccc1. The standard InChI is InChI=1S/C15H20N2O3/c1-17-10-12(8-9-13(17)18)16-15(19)14(20-2)11-6-4-3-5-7-11/h3-7,12,14H,8-10H2,1-2H3,(H,16,19)/t12-,14+/m1/s1. The summed E-state index contributed by atoms with van der Waals surface area (Å²) in [4.78, 5) is 25.4. The number of benzene rings is 1. The molecule has 2 rings (SSSR count). The number of hydrogen-bond acceptors (Lipinski definition) is 3. The maximum atomic E-state index is 12.3. The van der Waals surface area contributed by atoms with Crippen molar-refractivity contribution in [1.82, 2.24) is 10.2 Å². The minimum Gasteiger partial charge on any atom is -0.367 e. The summed E-state index contributed by atoms with van der Waals surface area (Å²) in [7, 11) is 3.28. The number of piperidine rings is 1. The van der Waals surface area contributed by atoms with E-state index in [4.69, 9.17) is 4.74 Å². The molecule has 0 spiro atoms. The number of carbonyl (C=O) groups excluding carboxylic acids is 2. The number of carbonyl (C=O) groups is 2. The first-order valence-electron chi connectivity index (χ1n) is 6.74. The van der Waals surface area contributed by atoms with Gasteiger partial charge in [-0.05, 0) is 12.0 Å². The summed E-state index contributed by atoms with van der Waals surface area (Å²) in [6.45, 7) is 0.551. The van der Waals surface area contributed by atoms with Crippen LogP contribution in [-0.4, -0.2) is 43.5 Å². The van der Waals surface area contributed by atoms with E-state index in [0.29, 0.717) is 19.4 Å². The van der Waals surface area contributed by atoms with Gasteiger partial charge in [0.2, 0.25) is 5.91 Å². The van der Waals surface area contributed by atoms with Crippen LogP contribution in [0.4, 0.5) is 0 Å². The monoisotopic (exact) mass is 276 g/mol. The minimum atomic E-state index is -0.612. The number of ether oxygens (including phenoxy) is 1. The van der Waals surface area contributed by atoms with Gasteiger partial charge in [0.25, 0.3) is 5.91 Å². The molecule has 20 heavy (non-hydrogen) atoms. The van der Waals surface area contributed by atoms with Crippen LogP contribution in [-0.2, 0) is 14.3 Å². The Balaban J connectivity index is 1.98. The molecule has 5 heteroatoms. The van der Waals surface area contributed by atoms with Gasteiger partial charge in [0.15, 0.2) is 6.10 Å². The van der Waals surface area contributed by atoms with Crippen LogP contribution in [0.5, 0.6) is 0 Å². The fourth-order valence-corrected chi connectivity index (χ4v) is 2.43. The lowest BCUT2D eigenvalue weighted by molar-refractivity contribution is -0.136. The van der Waals surface area contributed by atoms with Crippen LogP contribution in [0.3, 0.4) is 0 Å². The normalized spacial score (nSPS) is 20.6. The smallest absolute Gasteiger partial charge is 0.254 e. The highest BCUT2D eigenvalue weighted by Crippen LogP contribution is 2.18. The summed E-state index contributed by atoms with van der Waals surface area (Å²) in [5.74, 6) is -0.0340. The van der Waals surface area contributed by atoms with Gasteiger partial charge in [-0.1, -0.05) is 30.3 Å². The molecule has 0 unspecified atom stereocenters. The highest BCUT2D eigenvalue weighted by atomic mass is 16.5. The van der Waals surface area contributed by atoms with Crippen molar-refractivity contribution in [2.75, 3.05) is 20.7 Å². The number of likely N-dealkylation sites (N-methyl/N-ethyl adjacent to an activating group) is 1. The zero-order valence-corrected chi connectivity index (χ0v) is 11.8. The second-order valence-electron chi connectivity index (χ2n) is 5.04. The van der Waals surface area contributed by atoms with Crippen molar-refractivity contribution in [3.8, 4) is 0 Å². The Morgan fingerprint density at radius 2 is 2.10 bits per heavy atom. The van der Waals surface area contributed by atoms with E-state index in [-0.39, 0.29) is 17.9 Å². The molecule has 0 bridgehead atoms. The average Bonchev–Trinajstić information content (AvgIpc) is 2.45. The Bertz CT molecular complexity index is 475. The lowest BCUT2D eigenvalue weighted by atomic mass is 10.0. The largest absolute Gasteiger partial charge is 0.367 e. The van der Waals surface area contributed by atoms with E-state index in [1.54, 1.807) is 11.9 Å². The van der Waals surface area contributed by atoms with E-state index in [2.05, 4.69) is 5.32 Å². The first kappa shape index (κ1) is 14.5. The van der Waals surface area contributed by atoms with Gasteiger partial charge in [0, 0.05) is 33.2 Å². The van der Waals surface area contributed by atoms with Gasteiger partial charge in [-0.2, -0.15) is 0 Å². The zero-order chi connectivity index (χ0) is 14.5. The summed E-state index contributed by atoms with van der Waals surface area (Å²) in [6.07, 6.45) is 0.545. The van der Waals surface area contributed by atoms with E-state index in [0.717, 1.165) is 5.56 Å². The second-order valence-corrected chi connectivity index (χ2v) is 5.04. The molecule has 0 saturated carbocycles. The molecule has 1 saturated heterocycles. The highest BCUT2D eigenvalue weighted by Gasteiger charge is 2.27. The number of rotatable bonds is 4. The molecule has 1 aliphatic heterocycles. The van der Waals surface area contributed by atoms with Crippen molar-refractivity contribution in [2.45, 2.75) is 25.0 Å². The molecular weight excluding hydrogens is 256 g/mol. The first-order chi connectivity index (χ1) is 9.61. The third-order valence-electron chi connectivity index (χ3n) is 3.55. The Kier molecular flexibility index (Phi) is 4.74. The Morgan fingerprint density at radius 3 is 2.70 bits per heavy atom. The Hall–Kier alpha value is -1.88. The molecule has 2 amide bonds. The van der Waals surface area contributed by atoms with Crippen LogP contribution in [0.2, 0.25) is 0 Å². The number of amides is 2. The number of nitrogens with one attached hydrogen (secondary N) is 1. The molecule has 5 nitrogen and oxygen atoms in total. The van der Waals surface area contributed by atoms with E-state index in [1.165, 1.54) is 7.11 Å². The second kappa shape index (κ2) is 6.52. The highest BCUT2D eigenvalue weighted by molar-refractivity contribution is 5.83. The molecule has 1 aromatic carbocycles. The van der Waals surface area contributed by atoms with E-state index < -0.39 is 6.10 Å². The molecule has 1 aromatic rings. The lowest BCUT2D eigenvalue weighted by Crippen LogP contribution is -2.49. The topological polar surface area (TPSA) is 58.6 Å². The fraction of sp³-hybridized carbons (Fsp3) is 0.467. The molecule has 108 valence electrons.